The maximum absolute atomic E-state index is 3.69. The highest BCUT2D eigenvalue weighted by molar-refractivity contribution is 5.12. The van der Waals surface area contributed by atoms with Gasteiger partial charge >= 0.3 is 0 Å². The van der Waals surface area contributed by atoms with Gasteiger partial charge in [0.2, 0.25) is 0 Å². The number of allylic oxidation sites excluding steroid dienone is 3. The summed E-state index contributed by atoms with van der Waals surface area (Å²) in [4.78, 5) is 0. The van der Waals surface area contributed by atoms with Crippen LogP contribution in [-0.2, 0) is 0 Å². The van der Waals surface area contributed by atoms with E-state index in [0.717, 1.165) is 19.4 Å². The average molecular weight is 179 g/mol. The lowest BCUT2D eigenvalue weighted by Gasteiger charge is -2.04. The average Bonchev–Trinajstić information content (AvgIpc) is 2.16. The van der Waals surface area contributed by atoms with Crippen LogP contribution in [0.2, 0.25) is 0 Å². The SMILES string of the molecule is C=C/C=C(\CC)CN/C=C(/C)CC. The Labute approximate surface area is 82.2 Å². The zero-order chi connectivity index (χ0) is 10.1. The number of rotatable bonds is 6. The van der Waals surface area contributed by atoms with E-state index in [1.165, 1.54) is 11.1 Å². The Morgan fingerprint density at radius 3 is 2.46 bits per heavy atom. The van der Waals surface area contributed by atoms with Crippen LogP contribution in [0.4, 0.5) is 0 Å². The maximum atomic E-state index is 3.69. The molecule has 1 N–H and O–H groups in total. The first-order valence-electron chi connectivity index (χ1n) is 4.94. The Morgan fingerprint density at radius 1 is 1.31 bits per heavy atom. The van der Waals surface area contributed by atoms with Crippen molar-refractivity contribution in [2.45, 2.75) is 33.6 Å². The third kappa shape index (κ3) is 6.21. The molecule has 0 saturated heterocycles. The lowest BCUT2D eigenvalue weighted by atomic mass is 10.2. The number of hydrogen-bond acceptors (Lipinski definition) is 1. The van der Waals surface area contributed by atoms with Crippen LogP contribution in [0.3, 0.4) is 0 Å². The minimum atomic E-state index is 0.930. The second-order valence-corrected chi connectivity index (χ2v) is 3.14. The zero-order valence-electron chi connectivity index (χ0n) is 9.06. The van der Waals surface area contributed by atoms with Gasteiger partial charge in [-0.2, -0.15) is 0 Å². The van der Waals surface area contributed by atoms with Gasteiger partial charge in [0.25, 0.3) is 0 Å². The predicted molar refractivity (Wildman–Crippen MR) is 60.6 cm³/mol. The summed E-state index contributed by atoms with van der Waals surface area (Å²) in [6.07, 6.45) is 8.20. The Hall–Kier alpha value is -0.980. The highest BCUT2D eigenvalue weighted by Crippen LogP contribution is 2.00. The first-order chi connectivity index (χ1) is 6.24. The van der Waals surface area contributed by atoms with Gasteiger partial charge in [0.1, 0.15) is 0 Å². The summed E-state index contributed by atoms with van der Waals surface area (Å²) < 4.78 is 0. The summed E-state index contributed by atoms with van der Waals surface area (Å²) >= 11 is 0. The third-order valence-electron chi connectivity index (χ3n) is 2.04. The lowest BCUT2D eigenvalue weighted by molar-refractivity contribution is 0.871. The summed E-state index contributed by atoms with van der Waals surface area (Å²) in [5.74, 6) is 0. The van der Waals surface area contributed by atoms with Crippen molar-refractivity contribution in [3.63, 3.8) is 0 Å². The van der Waals surface area contributed by atoms with Crippen molar-refractivity contribution in [3.05, 3.63) is 36.1 Å². The van der Waals surface area contributed by atoms with Crippen LogP contribution in [0, 0.1) is 0 Å². The minimum Gasteiger partial charge on any atom is -0.387 e. The van der Waals surface area contributed by atoms with Crippen LogP contribution in [0.1, 0.15) is 33.6 Å². The van der Waals surface area contributed by atoms with E-state index in [1.807, 2.05) is 6.08 Å². The molecule has 0 heterocycles. The number of nitrogens with one attached hydrogen (secondary N) is 1. The van der Waals surface area contributed by atoms with E-state index in [2.05, 4.69) is 44.9 Å². The van der Waals surface area contributed by atoms with Crippen LogP contribution < -0.4 is 5.32 Å². The van der Waals surface area contributed by atoms with Gasteiger partial charge in [-0.25, -0.2) is 0 Å². The van der Waals surface area contributed by atoms with E-state index >= 15 is 0 Å². The van der Waals surface area contributed by atoms with Crippen LogP contribution in [0.15, 0.2) is 36.1 Å². The topological polar surface area (TPSA) is 12.0 Å². The molecule has 0 unspecified atom stereocenters. The first kappa shape index (κ1) is 12.0. The molecule has 0 fully saturated rings. The van der Waals surface area contributed by atoms with Gasteiger partial charge in [-0.05, 0) is 26.0 Å². The Balaban J connectivity index is 3.86. The summed E-state index contributed by atoms with van der Waals surface area (Å²) in [5.41, 5.74) is 2.77. The molecule has 0 atom stereocenters. The molecule has 0 spiro atoms. The van der Waals surface area contributed by atoms with E-state index in [4.69, 9.17) is 0 Å². The van der Waals surface area contributed by atoms with Crippen molar-refractivity contribution in [2.75, 3.05) is 6.54 Å². The standard InChI is InChI=1S/C12H21N/c1-5-8-12(7-3)10-13-9-11(4)6-2/h5,8-9,13H,1,6-7,10H2,2-4H3/b11-9-,12-8+. The van der Waals surface area contributed by atoms with Crippen molar-refractivity contribution >= 4 is 0 Å². The van der Waals surface area contributed by atoms with E-state index < -0.39 is 0 Å². The minimum absolute atomic E-state index is 0.930. The zero-order valence-corrected chi connectivity index (χ0v) is 9.06. The molecule has 0 rings (SSSR count). The van der Waals surface area contributed by atoms with Gasteiger partial charge in [0.05, 0.1) is 0 Å². The number of hydrogen-bond donors (Lipinski definition) is 1. The predicted octanol–water partition coefficient (Wildman–Crippen LogP) is 3.41. The van der Waals surface area contributed by atoms with Crippen molar-refractivity contribution in [1.29, 1.82) is 0 Å². The van der Waals surface area contributed by atoms with Gasteiger partial charge in [-0.1, -0.05) is 43.7 Å². The Kier molecular flexibility index (Phi) is 7.08. The molecular formula is C12H21N. The molecule has 74 valence electrons. The quantitative estimate of drug-likeness (QED) is 0.616. The molecular weight excluding hydrogens is 158 g/mol. The molecule has 1 nitrogen and oxygen atoms in total. The molecule has 0 aliphatic carbocycles. The molecule has 0 aliphatic heterocycles. The molecule has 0 radical (unpaired) electrons. The first-order valence-corrected chi connectivity index (χ1v) is 4.94. The van der Waals surface area contributed by atoms with E-state index in [9.17, 15) is 0 Å². The van der Waals surface area contributed by atoms with Gasteiger partial charge in [-0.3, -0.25) is 0 Å². The van der Waals surface area contributed by atoms with Gasteiger partial charge in [0, 0.05) is 6.54 Å². The highest BCUT2D eigenvalue weighted by Gasteiger charge is 1.90. The maximum Gasteiger partial charge on any atom is 0.0357 e. The van der Waals surface area contributed by atoms with E-state index in [0.29, 0.717) is 0 Å². The molecule has 1 heteroatoms. The van der Waals surface area contributed by atoms with Crippen LogP contribution in [0.25, 0.3) is 0 Å². The molecule has 0 saturated carbocycles. The fraction of sp³-hybridized carbons (Fsp3) is 0.500. The van der Waals surface area contributed by atoms with Crippen molar-refractivity contribution in [3.8, 4) is 0 Å². The highest BCUT2D eigenvalue weighted by atomic mass is 14.8. The second-order valence-electron chi connectivity index (χ2n) is 3.14. The summed E-state index contributed by atoms with van der Waals surface area (Å²) in [7, 11) is 0. The molecule has 0 aliphatic rings. The van der Waals surface area contributed by atoms with Crippen molar-refractivity contribution < 1.29 is 0 Å². The van der Waals surface area contributed by atoms with Crippen molar-refractivity contribution in [2.24, 2.45) is 0 Å². The molecule has 0 amide bonds. The summed E-state index contributed by atoms with van der Waals surface area (Å²) in [5, 5.41) is 3.29. The van der Waals surface area contributed by atoms with Gasteiger partial charge in [0.15, 0.2) is 0 Å². The van der Waals surface area contributed by atoms with Gasteiger partial charge in [-0.15, -0.1) is 0 Å². The van der Waals surface area contributed by atoms with E-state index in [1.54, 1.807) is 0 Å². The summed E-state index contributed by atoms with van der Waals surface area (Å²) in [6.45, 7) is 11.1. The fourth-order valence-electron chi connectivity index (χ4n) is 0.927. The van der Waals surface area contributed by atoms with E-state index in [-0.39, 0.29) is 0 Å². The van der Waals surface area contributed by atoms with Crippen LogP contribution >= 0.6 is 0 Å². The van der Waals surface area contributed by atoms with Crippen molar-refractivity contribution in [1.82, 2.24) is 5.32 Å². The van der Waals surface area contributed by atoms with Gasteiger partial charge < -0.3 is 5.32 Å². The molecule has 0 aromatic carbocycles. The molecule has 13 heavy (non-hydrogen) atoms. The largest absolute Gasteiger partial charge is 0.387 e. The monoisotopic (exact) mass is 179 g/mol. The van der Waals surface area contributed by atoms with Crippen LogP contribution in [0.5, 0.6) is 0 Å². The molecule has 0 bridgehead atoms. The Morgan fingerprint density at radius 2 is 2.00 bits per heavy atom. The smallest absolute Gasteiger partial charge is 0.0357 e. The molecule has 0 aromatic rings. The van der Waals surface area contributed by atoms with Crippen LogP contribution in [-0.4, -0.2) is 6.54 Å². The molecule has 0 aromatic heterocycles. The lowest BCUT2D eigenvalue weighted by Crippen LogP contribution is -2.09. The second kappa shape index (κ2) is 7.66. The third-order valence-corrected chi connectivity index (χ3v) is 2.04. The summed E-state index contributed by atoms with van der Waals surface area (Å²) in [6, 6.07) is 0. The normalized spacial score (nSPS) is 12.8. The fourth-order valence-corrected chi connectivity index (χ4v) is 0.927. The Bertz CT molecular complexity index is 199.